The van der Waals surface area contributed by atoms with Gasteiger partial charge in [-0.25, -0.2) is 9.07 Å². The second kappa shape index (κ2) is 7.48. The molecule has 1 aromatic carbocycles. The highest BCUT2D eigenvalue weighted by atomic mass is 35.5. The van der Waals surface area contributed by atoms with Crippen LogP contribution in [0.4, 0.5) is 4.39 Å². The third kappa shape index (κ3) is 3.65. The number of terminal acetylenes is 2. The largest absolute Gasteiger partial charge is 0.479 e. The van der Waals surface area contributed by atoms with Gasteiger partial charge in [-0.05, 0) is 6.07 Å². The maximum atomic E-state index is 14.2. The normalized spacial score (nSPS) is 10.0. The molecule has 1 aromatic heterocycles. The average Bonchev–Trinajstić information content (AvgIpc) is 2.79. The van der Waals surface area contributed by atoms with Crippen LogP contribution in [-0.4, -0.2) is 23.0 Å². The number of ether oxygens (including phenoxy) is 2. The molecule has 118 valence electrons. The third-order valence-electron chi connectivity index (χ3n) is 2.59. The molecule has 0 radical (unpaired) electrons. The maximum Gasteiger partial charge on any atom is 0.197 e. The maximum absolute atomic E-state index is 14.2. The summed E-state index contributed by atoms with van der Waals surface area (Å²) in [5.41, 5.74) is -0.0381. The molecule has 0 aliphatic rings. The number of rotatable bonds is 5. The van der Waals surface area contributed by atoms with Gasteiger partial charge in [0.15, 0.2) is 21.9 Å². The Morgan fingerprint density at radius 2 is 1.78 bits per heavy atom. The van der Waals surface area contributed by atoms with Gasteiger partial charge in [-0.1, -0.05) is 46.6 Å². The lowest BCUT2D eigenvalue weighted by Crippen LogP contribution is -2.03. The van der Waals surface area contributed by atoms with Crippen LogP contribution in [0.2, 0.25) is 15.3 Å². The van der Waals surface area contributed by atoms with Gasteiger partial charge in [-0.15, -0.1) is 12.8 Å². The summed E-state index contributed by atoms with van der Waals surface area (Å²) in [4.78, 5) is 0. The summed E-state index contributed by atoms with van der Waals surface area (Å²) in [7, 11) is 0. The van der Waals surface area contributed by atoms with Gasteiger partial charge in [0.2, 0.25) is 0 Å². The molecule has 1 heterocycles. The van der Waals surface area contributed by atoms with Crippen molar-refractivity contribution in [2.45, 2.75) is 0 Å². The van der Waals surface area contributed by atoms with Gasteiger partial charge in [0.1, 0.15) is 24.7 Å². The molecule has 0 amide bonds. The van der Waals surface area contributed by atoms with Gasteiger partial charge >= 0.3 is 0 Å². The Morgan fingerprint density at radius 3 is 2.43 bits per heavy atom. The van der Waals surface area contributed by atoms with E-state index in [0.29, 0.717) is 0 Å². The third-order valence-corrected chi connectivity index (χ3v) is 3.46. The van der Waals surface area contributed by atoms with Crippen molar-refractivity contribution in [3.8, 4) is 41.9 Å². The number of aromatic nitrogens is 2. The molecule has 8 heteroatoms. The van der Waals surface area contributed by atoms with E-state index in [2.05, 4.69) is 16.9 Å². The lowest BCUT2D eigenvalue weighted by Gasteiger charge is -2.10. The molecule has 0 N–H and O–H groups in total. The molecule has 0 fully saturated rings. The van der Waals surface area contributed by atoms with Gasteiger partial charge in [-0.3, -0.25) is 0 Å². The summed E-state index contributed by atoms with van der Waals surface area (Å²) in [6, 6.07) is 2.35. The Labute approximate surface area is 147 Å². The summed E-state index contributed by atoms with van der Waals surface area (Å²) < 4.78 is 25.7. The van der Waals surface area contributed by atoms with E-state index in [0.717, 1.165) is 10.7 Å². The van der Waals surface area contributed by atoms with E-state index in [4.69, 9.17) is 57.1 Å². The summed E-state index contributed by atoms with van der Waals surface area (Å²) in [5, 5.41) is 3.87. The number of benzene rings is 1. The van der Waals surface area contributed by atoms with Gasteiger partial charge in [-0.2, -0.15) is 5.10 Å². The van der Waals surface area contributed by atoms with Gasteiger partial charge in [0, 0.05) is 6.07 Å². The fourth-order valence-electron chi connectivity index (χ4n) is 1.66. The van der Waals surface area contributed by atoms with Crippen molar-refractivity contribution in [2.75, 3.05) is 13.2 Å². The number of halogens is 4. The molecule has 0 unspecified atom stereocenters. The van der Waals surface area contributed by atoms with Crippen molar-refractivity contribution in [2.24, 2.45) is 0 Å². The molecule has 2 aromatic rings. The monoisotopic (exact) mass is 372 g/mol. The van der Waals surface area contributed by atoms with E-state index in [1.165, 1.54) is 6.07 Å². The standard InChI is InChI=1S/C15H8Cl3FN2O2/c1-3-5-22-12-8-11(10(19)7-9(12)16)21-15(18)13(14(17)20-21)23-6-4-2/h1-2,7-8H,5-6H2. The fraction of sp³-hybridized carbons (Fsp3) is 0.133. The minimum Gasteiger partial charge on any atom is -0.479 e. The van der Waals surface area contributed by atoms with Crippen molar-refractivity contribution in [3.63, 3.8) is 0 Å². The molecular weight excluding hydrogens is 366 g/mol. The van der Waals surface area contributed by atoms with Crippen LogP contribution in [0.5, 0.6) is 11.5 Å². The second-order valence-corrected chi connectivity index (χ2v) is 5.17. The molecule has 0 aliphatic carbocycles. The summed E-state index contributed by atoms with van der Waals surface area (Å²) >= 11 is 17.9. The smallest absolute Gasteiger partial charge is 0.197 e. The zero-order valence-corrected chi connectivity index (χ0v) is 13.7. The van der Waals surface area contributed by atoms with Crippen molar-refractivity contribution < 1.29 is 13.9 Å². The van der Waals surface area contributed by atoms with Crippen LogP contribution >= 0.6 is 34.8 Å². The lowest BCUT2D eigenvalue weighted by atomic mass is 10.3. The fourth-order valence-corrected chi connectivity index (χ4v) is 2.41. The summed E-state index contributed by atoms with van der Waals surface area (Å²) in [5.74, 6) is 4.08. The van der Waals surface area contributed by atoms with Crippen molar-refractivity contribution in [1.82, 2.24) is 9.78 Å². The SMILES string of the molecule is C#CCOc1cc(-n2nc(Cl)c(OCC#C)c2Cl)c(F)cc1Cl. The summed E-state index contributed by atoms with van der Waals surface area (Å²) in [6.45, 7) is -0.0975. The minimum absolute atomic E-state index is 0.0328. The van der Waals surface area contributed by atoms with Crippen LogP contribution in [0.25, 0.3) is 5.69 Å². The Kier molecular flexibility index (Phi) is 5.63. The predicted molar refractivity (Wildman–Crippen MR) is 87.2 cm³/mol. The molecule has 0 bridgehead atoms. The van der Waals surface area contributed by atoms with Crippen LogP contribution in [-0.2, 0) is 0 Å². The number of hydrogen-bond acceptors (Lipinski definition) is 3. The number of nitrogens with zero attached hydrogens (tertiary/aromatic N) is 2. The molecule has 4 nitrogen and oxygen atoms in total. The van der Waals surface area contributed by atoms with E-state index in [1.807, 2.05) is 0 Å². The average molecular weight is 374 g/mol. The molecule has 0 saturated heterocycles. The van der Waals surface area contributed by atoms with Crippen molar-refractivity contribution >= 4 is 34.8 Å². The van der Waals surface area contributed by atoms with Crippen molar-refractivity contribution in [3.05, 3.63) is 33.3 Å². The van der Waals surface area contributed by atoms with E-state index < -0.39 is 5.82 Å². The second-order valence-electron chi connectivity index (χ2n) is 4.04. The Hall–Kier alpha value is -2.05. The Morgan fingerprint density at radius 1 is 1.13 bits per heavy atom. The Bertz CT molecular complexity index is 822. The van der Waals surface area contributed by atoms with E-state index >= 15 is 0 Å². The zero-order valence-electron chi connectivity index (χ0n) is 11.4. The molecule has 0 spiro atoms. The Balaban J connectivity index is 2.50. The van der Waals surface area contributed by atoms with Crippen LogP contribution in [0, 0.1) is 30.5 Å². The first-order valence-corrected chi connectivity index (χ1v) is 7.19. The molecule has 0 saturated carbocycles. The van der Waals surface area contributed by atoms with E-state index in [-0.39, 0.29) is 45.7 Å². The molecule has 0 atom stereocenters. The van der Waals surface area contributed by atoms with E-state index in [9.17, 15) is 4.39 Å². The molecule has 2 rings (SSSR count). The molecule has 23 heavy (non-hydrogen) atoms. The first-order valence-electron chi connectivity index (χ1n) is 6.05. The quantitative estimate of drug-likeness (QED) is 0.744. The zero-order chi connectivity index (χ0) is 17.0. The van der Waals surface area contributed by atoms with Crippen LogP contribution in [0.1, 0.15) is 0 Å². The highest BCUT2D eigenvalue weighted by Gasteiger charge is 2.21. The van der Waals surface area contributed by atoms with Gasteiger partial charge in [0.25, 0.3) is 0 Å². The summed E-state index contributed by atoms with van der Waals surface area (Å²) in [6.07, 6.45) is 10.2. The first kappa shape index (κ1) is 17.3. The van der Waals surface area contributed by atoms with E-state index in [1.54, 1.807) is 0 Å². The van der Waals surface area contributed by atoms with Gasteiger partial charge < -0.3 is 9.47 Å². The minimum atomic E-state index is -0.687. The van der Waals surface area contributed by atoms with Gasteiger partial charge in [0.05, 0.1) is 5.02 Å². The predicted octanol–water partition coefficient (Wildman–Crippen LogP) is 4.00. The van der Waals surface area contributed by atoms with Crippen LogP contribution < -0.4 is 9.47 Å². The highest BCUT2D eigenvalue weighted by molar-refractivity contribution is 6.36. The number of hydrogen-bond donors (Lipinski definition) is 0. The first-order chi connectivity index (χ1) is 11.0. The highest BCUT2D eigenvalue weighted by Crippen LogP contribution is 2.37. The van der Waals surface area contributed by atoms with Crippen molar-refractivity contribution in [1.29, 1.82) is 0 Å². The van der Waals surface area contributed by atoms with Crippen LogP contribution in [0.3, 0.4) is 0 Å². The molecule has 0 aliphatic heterocycles. The topological polar surface area (TPSA) is 36.3 Å². The lowest BCUT2D eigenvalue weighted by molar-refractivity contribution is 0.369. The van der Waals surface area contributed by atoms with Crippen LogP contribution in [0.15, 0.2) is 12.1 Å². The molecular formula is C15H8Cl3FN2O2.